The summed E-state index contributed by atoms with van der Waals surface area (Å²) in [4.78, 5) is 16.4. The maximum atomic E-state index is 11.8. The fraction of sp³-hybridized carbons (Fsp3) is 0.368. The van der Waals surface area contributed by atoms with Crippen LogP contribution in [0.5, 0.6) is 5.75 Å². The molecule has 1 aromatic heterocycles. The molecule has 1 aromatic carbocycles. The third-order valence-corrected chi connectivity index (χ3v) is 3.64. The van der Waals surface area contributed by atoms with Crippen molar-refractivity contribution in [2.45, 2.75) is 20.4 Å². The van der Waals surface area contributed by atoms with Crippen molar-refractivity contribution in [3.8, 4) is 5.75 Å². The lowest BCUT2D eigenvalue weighted by Crippen LogP contribution is -2.41. The Morgan fingerprint density at radius 3 is 2.69 bits per heavy atom. The molecule has 140 valence electrons. The monoisotopic (exact) mass is 358 g/mol. The Morgan fingerprint density at radius 2 is 2.00 bits per heavy atom. The SMILES string of the molecule is CCNC(=NCc1ccc(C)cc1OC)NCCNC(=O)c1ccco1. The number of furan rings is 1. The van der Waals surface area contributed by atoms with Gasteiger partial charge in [-0.1, -0.05) is 12.1 Å². The number of nitrogens with one attached hydrogen (secondary N) is 3. The minimum Gasteiger partial charge on any atom is -0.496 e. The van der Waals surface area contributed by atoms with Gasteiger partial charge in [0, 0.05) is 25.2 Å². The highest BCUT2D eigenvalue weighted by atomic mass is 16.5. The van der Waals surface area contributed by atoms with Gasteiger partial charge in [-0.2, -0.15) is 0 Å². The number of benzene rings is 1. The van der Waals surface area contributed by atoms with Gasteiger partial charge >= 0.3 is 0 Å². The Morgan fingerprint density at radius 1 is 1.19 bits per heavy atom. The van der Waals surface area contributed by atoms with E-state index in [4.69, 9.17) is 9.15 Å². The molecule has 7 heteroatoms. The first-order chi connectivity index (χ1) is 12.6. The molecule has 0 unspecified atom stereocenters. The molecule has 2 aromatic rings. The Bertz CT molecular complexity index is 726. The second kappa shape index (κ2) is 10.1. The lowest BCUT2D eigenvalue weighted by molar-refractivity contribution is 0.0926. The topological polar surface area (TPSA) is 87.9 Å². The molecule has 0 bridgehead atoms. The van der Waals surface area contributed by atoms with Crippen molar-refractivity contribution >= 4 is 11.9 Å². The maximum Gasteiger partial charge on any atom is 0.287 e. The number of amides is 1. The number of hydrogen-bond acceptors (Lipinski definition) is 4. The van der Waals surface area contributed by atoms with Gasteiger partial charge in [0.25, 0.3) is 5.91 Å². The van der Waals surface area contributed by atoms with Crippen LogP contribution in [-0.4, -0.2) is 38.6 Å². The molecular weight excluding hydrogens is 332 g/mol. The summed E-state index contributed by atoms with van der Waals surface area (Å²) in [5.41, 5.74) is 2.16. The van der Waals surface area contributed by atoms with Crippen molar-refractivity contribution in [2.24, 2.45) is 4.99 Å². The molecule has 3 N–H and O–H groups in total. The number of ether oxygens (including phenoxy) is 1. The molecule has 7 nitrogen and oxygen atoms in total. The molecule has 2 rings (SSSR count). The zero-order valence-corrected chi connectivity index (χ0v) is 15.5. The van der Waals surface area contributed by atoms with Gasteiger partial charge in [-0.05, 0) is 37.6 Å². The van der Waals surface area contributed by atoms with Gasteiger partial charge in [-0.25, -0.2) is 4.99 Å². The average Bonchev–Trinajstić information content (AvgIpc) is 3.18. The number of hydrogen-bond donors (Lipinski definition) is 3. The Kier molecular flexibility index (Phi) is 7.54. The molecule has 0 aliphatic carbocycles. The zero-order valence-electron chi connectivity index (χ0n) is 15.5. The van der Waals surface area contributed by atoms with E-state index in [1.165, 1.54) is 6.26 Å². The number of guanidine groups is 1. The van der Waals surface area contributed by atoms with Crippen LogP contribution in [-0.2, 0) is 6.54 Å². The van der Waals surface area contributed by atoms with Gasteiger partial charge in [0.15, 0.2) is 11.7 Å². The summed E-state index contributed by atoms with van der Waals surface area (Å²) in [7, 11) is 1.66. The van der Waals surface area contributed by atoms with E-state index in [0.717, 1.165) is 23.4 Å². The number of aryl methyl sites for hydroxylation is 1. The van der Waals surface area contributed by atoms with Crippen molar-refractivity contribution in [1.82, 2.24) is 16.0 Å². The molecule has 1 amide bonds. The summed E-state index contributed by atoms with van der Waals surface area (Å²) in [5, 5.41) is 9.16. The van der Waals surface area contributed by atoms with E-state index >= 15 is 0 Å². The van der Waals surface area contributed by atoms with Crippen LogP contribution in [0.1, 0.15) is 28.6 Å². The molecule has 0 atom stereocenters. The maximum absolute atomic E-state index is 11.8. The van der Waals surface area contributed by atoms with Crippen molar-refractivity contribution in [2.75, 3.05) is 26.7 Å². The fourth-order valence-electron chi connectivity index (χ4n) is 2.34. The van der Waals surface area contributed by atoms with Gasteiger partial charge in [-0.15, -0.1) is 0 Å². The van der Waals surface area contributed by atoms with Crippen LogP contribution < -0.4 is 20.7 Å². The van der Waals surface area contributed by atoms with E-state index in [0.29, 0.717) is 31.4 Å². The first-order valence-corrected chi connectivity index (χ1v) is 8.61. The summed E-state index contributed by atoms with van der Waals surface area (Å²) in [5.74, 6) is 1.58. The van der Waals surface area contributed by atoms with E-state index in [-0.39, 0.29) is 5.91 Å². The quantitative estimate of drug-likeness (QED) is 0.382. The molecule has 0 saturated carbocycles. The van der Waals surface area contributed by atoms with Crippen LogP contribution in [0, 0.1) is 6.92 Å². The highest BCUT2D eigenvalue weighted by molar-refractivity contribution is 5.91. The summed E-state index contributed by atoms with van der Waals surface area (Å²) in [6, 6.07) is 9.36. The first kappa shape index (κ1) is 19.4. The van der Waals surface area contributed by atoms with E-state index in [1.54, 1.807) is 19.2 Å². The number of carbonyl (C=O) groups excluding carboxylic acids is 1. The van der Waals surface area contributed by atoms with E-state index < -0.39 is 0 Å². The summed E-state index contributed by atoms with van der Waals surface area (Å²) >= 11 is 0. The molecule has 0 aliphatic heterocycles. The number of nitrogens with zero attached hydrogens (tertiary/aromatic N) is 1. The molecule has 0 radical (unpaired) electrons. The molecule has 0 spiro atoms. The third kappa shape index (κ3) is 5.84. The van der Waals surface area contributed by atoms with Gasteiger partial charge in [0.2, 0.25) is 0 Å². The van der Waals surface area contributed by atoms with Gasteiger partial charge < -0.3 is 25.1 Å². The first-order valence-electron chi connectivity index (χ1n) is 8.61. The lowest BCUT2D eigenvalue weighted by Gasteiger charge is -2.12. The van der Waals surface area contributed by atoms with Crippen LogP contribution >= 0.6 is 0 Å². The normalized spacial score (nSPS) is 11.1. The summed E-state index contributed by atoms with van der Waals surface area (Å²) < 4.78 is 10.5. The summed E-state index contributed by atoms with van der Waals surface area (Å²) in [6.07, 6.45) is 1.47. The number of aliphatic imine (C=N–C) groups is 1. The molecule has 26 heavy (non-hydrogen) atoms. The van der Waals surface area contributed by atoms with Crippen LogP contribution in [0.3, 0.4) is 0 Å². The molecule has 1 heterocycles. The average molecular weight is 358 g/mol. The third-order valence-electron chi connectivity index (χ3n) is 3.64. The molecule has 0 saturated heterocycles. The second-order valence-corrected chi connectivity index (χ2v) is 5.67. The molecular formula is C19H26N4O3. The van der Waals surface area contributed by atoms with Crippen molar-refractivity contribution in [1.29, 1.82) is 0 Å². The standard InChI is InChI=1S/C19H26N4O3/c1-4-20-19(22-10-9-21-18(24)16-6-5-11-26-16)23-13-15-8-7-14(2)12-17(15)25-3/h5-8,11-12H,4,9-10,13H2,1-3H3,(H,21,24)(H2,20,22,23). The zero-order chi connectivity index (χ0) is 18.8. The predicted molar refractivity (Wildman–Crippen MR) is 102 cm³/mol. The highest BCUT2D eigenvalue weighted by Crippen LogP contribution is 2.20. The Hall–Kier alpha value is -2.96. The lowest BCUT2D eigenvalue weighted by atomic mass is 10.1. The number of methoxy groups -OCH3 is 1. The Balaban J connectivity index is 1.85. The van der Waals surface area contributed by atoms with Gasteiger partial charge in [0.05, 0.1) is 19.9 Å². The smallest absolute Gasteiger partial charge is 0.287 e. The number of rotatable bonds is 8. The van der Waals surface area contributed by atoms with E-state index in [2.05, 4.69) is 20.9 Å². The van der Waals surface area contributed by atoms with E-state index in [1.807, 2.05) is 32.0 Å². The Labute approximate surface area is 153 Å². The minimum atomic E-state index is -0.233. The fourth-order valence-corrected chi connectivity index (χ4v) is 2.34. The van der Waals surface area contributed by atoms with Crippen LogP contribution in [0.25, 0.3) is 0 Å². The summed E-state index contributed by atoms with van der Waals surface area (Å²) in [6.45, 7) is 6.27. The second-order valence-electron chi connectivity index (χ2n) is 5.67. The molecule has 0 fully saturated rings. The van der Waals surface area contributed by atoms with Crippen molar-refractivity contribution in [3.63, 3.8) is 0 Å². The highest BCUT2D eigenvalue weighted by Gasteiger charge is 2.07. The largest absolute Gasteiger partial charge is 0.496 e. The van der Waals surface area contributed by atoms with Gasteiger partial charge in [-0.3, -0.25) is 4.79 Å². The number of carbonyl (C=O) groups is 1. The van der Waals surface area contributed by atoms with E-state index in [9.17, 15) is 4.79 Å². The van der Waals surface area contributed by atoms with Crippen LogP contribution in [0.15, 0.2) is 46.0 Å². The van der Waals surface area contributed by atoms with Crippen molar-refractivity contribution in [3.05, 3.63) is 53.5 Å². The molecule has 0 aliphatic rings. The van der Waals surface area contributed by atoms with Crippen molar-refractivity contribution < 1.29 is 13.9 Å². The predicted octanol–water partition coefficient (Wildman–Crippen LogP) is 2.08. The van der Waals surface area contributed by atoms with Crippen LogP contribution in [0.4, 0.5) is 0 Å². The van der Waals surface area contributed by atoms with Gasteiger partial charge in [0.1, 0.15) is 5.75 Å². The minimum absolute atomic E-state index is 0.233. The van der Waals surface area contributed by atoms with Crippen LogP contribution in [0.2, 0.25) is 0 Å².